The van der Waals surface area contributed by atoms with E-state index >= 15 is 0 Å². The van der Waals surface area contributed by atoms with E-state index in [2.05, 4.69) is 5.32 Å². The molecular formula is C19H19FN2O3. The highest BCUT2D eigenvalue weighted by molar-refractivity contribution is 5.99. The highest BCUT2D eigenvalue weighted by atomic mass is 19.1. The molecule has 130 valence electrons. The van der Waals surface area contributed by atoms with Crippen molar-refractivity contribution in [1.82, 2.24) is 4.90 Å². The van der Waals surface area contributed by atoms with E-state index < -0.39 is 17.8 Å². The van der Waals surface area contributed by atoms with E-state index in [0.29, 0.717) is 23.4 Å². The Morgan fingerprint density at radius 2 is 2.12 bits per heavy atom. The first-order valence-corrected chi connectivity index (χ1v) is 8.06. The molecule has 1 unspecified atom stereocenters. The maximum Gasteiger partial charge on any atom is 0.253 e. The maximum atomic E-state index is 13.2. The van der Waals surface area contributed by atoms with Gasteiger partial charge >= 0.3 is 0 Å². The van der Waals surface area contributed by atoms with E-state index in [-0.39, 0.29) is 12.3 Å². The van der Waals surface area contributed by atoms with Crippen LogP contribution in [0.1, 0.15) is 34.0 Å². The number of hydrogen-bond acceptors (Lipinski definition) is 3. The summed E-state index contributed by atoms with van der Waals surface area (Å²) in [6, 6.07) is 10.7. The van der Waals surface area contributed by atoms with Gasteiger partial charge in [0.2, 0.25) is 5.91 Å². The number of amides is 2. The van der Waals surface area contributed by atoms with Crippen LogP contribution in [0.4, 0.5) is 10.1 Å². The molecule has 2 aromatic carbocycles. The van der Waals surface area contributed by atoms with Gasteiger partial charge in [-0.3, -0.25) is 9.59 Å². The quantitative estimate of drug-likeness (QED) is 0.897. The average Bonchev–Trinajstić information content (AvgIpc) is 2.58. The van der Waals surface area contributed by atoms with E-state index in [1.165, 1.54) is 18.2 Å². The number of anilines is 1. The Kier molecular flexibility index (Phi) is 4.81. The largest absolute Gasteiger partial charge is 0.388 e. The molecular weight excluding hydrogens is 323 g/mol. The molecule has 2 amide bonds. The van der Waals surface area contributed by atoms with Crippen molar-refractivity contribution < 1.29 is 19.1 Å². The number of nitrogens with zero attached hydrogens (tertiary/aromatic N) is 1. The summed E-state index contributed by atoms with van der Waals surface area (Å²) in [4.78, 5) is 26.0. The lowest BCUT2D eigenvalue weighted by atomic mass is 9.98. The second-order valence-electron chi connectivity index (χ2n) is 6.17. The third kappa shape index (κ3) is 3.85. The molecule has 0 bridgehead atoms. The zero-order valence-corrected chi connectivity index (χ0v) is 13.8. The van der Waals surface area contributed by atoms with E-state index in [4.69, 9.17) is 0 Å². The minimum Gasteiger partial charge on any atom is -0.388 e. The molecule has 25 heavy (non-hydrogen) atoms. The van der Waals surface area contributed by atoms with Crippen LogP contribution < -0.4 is 5.32 Å². The molecule has 2 N–H and O–H groups in total. The maximum absolute atomic E-state index is 13.2. The Bertz CT molecular complexity index is 822. The van der Waals surface area contributed by atoms with Crippen molar-refractivity contribution in [3.8, 4) is 0 Å². The second kappa shape index (κ2) is 7.03. The predicted molar refractivity (Wildman–Crippen MR) is 91.7 cm³/mol. The van der Waals surface area contributed by atoms with E-state index in [1.807, 2.05) is 6.07 Å². The van der Waals surface area contributed by atoms with Gasteiger partial charge in [0.15, 0.2) is 0 Å². The summed E-state index contributed by atoms with van der Waals surface area (Å²) in [6.07, 6.45) is -0.514. The number of likely N-dealkylation sites (N-methyl/N-ethyl adjacent to an activating group) is 1. The fourth-order valence-electron chi connectivity index (χ4n) is 2.89. The lowest BCUT2D eigenvalue weighted by molar-refractivity contribution is -0.118. The van der Waals surface area contributed by atoms with Gasteiger partial charge in [-0.1, -0.05) is 18.2 Å². The predicted octanol–water partition coefficient (Wildman–Crippen LogP) is 2.52. The minimum atomic E-state index is -1.10. The number of fused-ring (bicyclic) bond motifs is 1. The van der Waals surface area contributed by atoms with Crippen LogP contribution in [0.2, 0.25) is 0 Å². The van der Waals surface area contributed by atoms with Crippen molar-refractivity contribution in [2.75, 3.05) is 18.9 Å². The van der Waals surface area contributed by atoms with Crippen LogP contribution in [0, 0.1) is 5.82 Å². The van der Waals surface area contributed by atoms with Gasteiger partial charge in [0.1, 0.15) is 5.82 Å². The first-order chi connectivity index (χ1) is 11.9. The molecule has 2 aromatic rings. The standard InChI is InChI=1S/C19H19FN2O3/c1-22-8-7-12-5-6-15(10-16(12)19(22)25)21-18(24)11-17(23)13-3-2-4-14(20)9-13/h2-6,9-10,17,23H,7-8,11H2,1H3,(H,21,24). The SMILES string of the molecule is CN1CCc2ccc(NC(=O)CC(O)c3cccc(F)c3)cc2C1=O. The van der Waals surface area contributed by atoms with Crippen LogP contribution in [0.5, 0.6) is 0 Å². The smallest absolute Gasteiger partial charge is 0.253 e. The van der Waals surface area contributed by atoms with Crippen LogP contribution in [0.15, 0.2) is 42.5 Å². The fraction of sp³-hybridized carbons (Fsp3) is 0.263. The molecule has 1 aliphatic heterocycles. The number of halogens is 1. The monoisotopic (exact) mass is 342 g/mol. The van der Waals surface area contributed by atoms with Gasteiger partial charge in [0.05, 0.1) is 12.5 Å². The molecule has 6 heteroatoms. The van der Waals surface area contributed by atoms with Gasteiger partial charge in [-0.05, 0) is 41.8 Å². The number of nitrogens with one attached hydrogen (secondary N) is 1. The van der Waals surface area contributed by atoms with E-state index in [0.717, 1.165) is 12.0 Å². The van der Waals surface area contributed by atoms with Crippen molar-refractivity contribution in [1.29, 1.82) is 0 Å². The molecule has 0 saturated carbocycles. The second-order valence-corrected chi connectivity index (χ2v) is 6.17. The molecule has 0 spiro atoms. The summed E-state index contributed by atoms with van der Waals surface area (Å²) in [5.74, 6) is -0.945. The van der Waals surface area contributed by atoms with Crippen molar-refractivity contribution >= 4 is 17.5 Å². The molecule has 0 aliphatic carbocycles. The van der Waals surface area contributed by atoms with Crippen molar-refractivity contribution in [2.45, 2.75) is 18.9 Å². The molecule has 0 aromatic heterocycles. The van der Waals surface area contributed by atoms with Gasteiger partial charge in [0.25, 0.3) is 5.91 Å². The van der Waals surface area contributed by atoms with Crippen molar-refractivity contribution in [2.24, 2.45) is 0 Å². The molecule has 1 atom stereocenters. The van der Waals surface area contributed by atoms with Crippen LogP contribution in [-0.4, -0.2) is 35.4 Å². The lowest BCUT2D eigenvalue weighted by Crippen LogP contribution is -2.34. The molecule has 1 heterocycles. The van der Waals surface area contributed by atoms with E-state index in [1.54, 1.807) is 30.1 Å². The minimum absolute atomic E-state index is 0.0721. The summed E-state index contributed by atoms with van der Waals surface area (Å²) < 4.78 is 13.2. The summed E-state index contributed by atoms with van der Waals surface area (Å²) in [5, 5.41) is 12.8. The number of rotatable bonds is 4. The highest BCUT2D eigenvalue weighted by Gasteiger charge is 2.22. The number of aliphatic hydroxyl groups is 1. The third-order valence-corrected chi connectivity index (χ3v) is 4.30. The Hall–Kier alpha value is -2.73. The lowest BCUT2D eigenvalue weighted by Gasteiger charge is -2.25. The Morgan fingerprint density at radius 1 is 1.32 bits per heavy atom. The molecule has 0 radical (unpaired) electrons. The summed E-state index contributed by atoms with van der Waals surface area (Å²) in [6.45, 7) is 0.678. The van der Waals surface area contributed by atoms with Crippen LogP contribution >= 0.6 is 0 Å². The van der Waals surface area contributed by atoms with Gasteiger partial charge < -0.3 is 15.3 Å². The van der Waals surface area contributed by atoms with Gasteiger partial charge in [-0.15, -0.1) is 0 Å². The topological polar surface area (TPSA) is 69.6 Å². The first kappa shape index (κ1) is 17.1. The number of benzene rings is 2. The van der Waals surface area contributed by atoms with Gasteiger partial charge in [-0.2, -0.15) is 0 Å². The van der Waals surface area contributed by atoms with Crippen LogP contribution in [0.3, 0.4) is 0 Å². The summed E-state index contributed by atoms with van der Waals surface area (Å²) >= 11 is 0. The third-order valence-electron chi connectivity index (χ3n) is 4.30. The zero-order chi connectivity index (χ0) is 18.0. The highest BCUT2D eigenvalue weighted by Crippen LogP contribution is 2.23. The van der Waals surface area contributed by atoms with Crippen molar-refractivity contribution in [3.05, 3.63) is 65.0 Å². The Balaban J connectivity index is 1.68. The molecule has 0 saturated heterocycles. The normalized spacial score (nSPS) is 14.8. The average molecular weight is 342 g/mol. The fourth-order valence-corrected chi connectivity index (χ4v) is 2.89. The summed E-state index contributed by atoms with van der Waals surface area (Å²) in [5.41, 5.74) is 2.38. The van der Waals surface area contributed by atoms with Crippen LogP contribution in [0.25, 0.3) is 0 Å². The number of aliphatic hydroxyl groups excluding tert-OH is 1. The molecule has 1 aliphatic rings. The van der Waals surface area contributed by atoms with Crippen LogP contribution in [-0.2, 0) is 11.2 Å². The molecule has 0 fully saturated rings. The molecule has 3 rings (SSSR count). The molecule has 5 nitrogen and oxygen atoms in total. The Morgan fingerprint density at radius 3 is 2.88 bits per heavy atom. The Labute approximate surface area is 145 Å². The number of carbonyl (C=O) groups is 2. The first-order valence-electron chi connectivity index (χ1n) is 8.06. The number of hydrogen-bond donors (Lipinski definition) is 2. The number of carbonyl (C=O) groups excluding carboxylic acids is 2. The van der Waals surface area contributed by atoms with Gasteiger partial charge in [-0.25, -0.2) is 4.39 Å². The zero-order valence-electron chi connectivity index (χ0n) is 13.8. The van der Waals surface area contributed by atoms with Gasteiger partial charge in [0, 0.05) is 24.8 Å². The summed E-state index contributed by atoms with van der Waals surface area (Å²) in [7, 11) is 1.74. The van der Waals surface area contributed by atoms with E-state index in [9.17, 15) is 19.1 Å². The van der Waals surface area contributed by atoms with Crippen molar-refractivity contribution in [3.63, 3.8) is 0 Å².